The number of morpholine rings is 1. The summed E-state index contributed by atoms with van der Waals surface area (Å²) in [7, 11) is 0. The van der Waals surface area contributed by atoms with Gasteiger partial charge in [-0.15, -0.1) is 0 Å². The summed E-state index contributed by atoms with van der Waals surface area (Å²) < 4.78 is 5.47. The molecule has 1 aromatic rings. The number of likely N-dealkylation sites (tertiary alicyclic amines) is 2. The summed E-state index contributed by atoms with van der Waals surface area (Å²) in [6, 6.07) is 11.2. The first-order valence-electron chi connectivity index (χ1n) is 15.2. The number of ether oxygens (including phenoxy) is 1. The fraction of sp³-hybridized carbons (Fsp3) is 0.742. The van der Waals surface area contributed by atoms with Crippen LogP contribution in [0.3, 0.4) is 0 Å². The number of para-hydroxylation sites is 1. The zero-order valence-electron chi connectivity index (χ0n) is 23.4. The van der Waals surface area contributed by atoms with E-state index in [0.29, 0.717) is 19.1 Å². The molecule has 4 aliphatic heterocycles. The third-order valence-electron chi connectivity index (χ3n) is 10.7. The van der Waals surface area contributed by atoms with Crippen molar-refractivity contribution in [2.45, 2.75) is 64.0 Å². The Bertz CT molecular complexity index is 978. The number of carbonyl (C=O) groups is 2. The van der Waals surface area contributed by atoms with E-state index in [2.05, 4.69) is 52.8 Å². The highest BCUT2D eigenvalue weighted by atomic mass is 16.5. The molecule has 0 bridgehead atoms. The Morgan fingerprint density at radius 3 is 2.24 bits per heavy atom. The van der Waals surface area contributed by atoms with Crippen LogP contribution >= 0.6 is 0 Å². The number of hydrogen-bond acceptors (Lipinski definition) is 6. The van der Waals surface area contributed by atoms with Crippen LogP contribution in [0.1, 0.15) is 52.4 Å². The lowest BCUT2D eigenvalue weighted by Gasteiger charge is -2.50. The normalized spacial score (nSPS) is 32.5. The minimum atomic E-state index is -0.266. The number of amides is 2. The minimum absolute atomic E-state index is 0.0560. The molecule has 1 saturated carbocycles. The highest BCUT2D eigenvalue weighted by Crippen LogP contribution is 2.52. The van der Waals surface area contributed by atoms with E-state index in [0.717, 1.165) is 76.3 Å². The summed E-state index contributed by atoms with van der Waals surface area (Å²) in [6.07, 6.45) is 7.22. The van der Waals surface area contributed by atoms with Crippen LogP contribution in [0.2, 0.25) is 0 Å². The summed E-state index contributed by atoms with van der Waals surface area (Å²) in [5.41, 5.74) is 0.895. The second-order valence-electron chi connectivity index (χ2n) is 12.8. The molecule has 208 valence electrons. The van der Waals surface area contributed by atoms with Crippen molar-refractivity contribution in [3.8, 4) is 0 Å². The topological polar surface area (TPSA) is 56.3 Å². The maximum Gasteiger partial charge on any atom is 0.235 e. The van der Waals surface area contributed by atoms with Gasteiger partial charge in [0.25, 0.3) is 0 Å². The fourth-order valence-electron chi connectivity index (χ4n) is 8.37. The second-order valence-corrected chi connectivity index (χ2v) is 12.8. The second kappa shape index (κ2) is 10.9. The number of imide groups is 1. The molecule has 38 heavy (non-hydrogen) atoms. The van der Waals surface area contributed by atoms with Gasteiger partial charge in [0.05, 0.1) is 30.6 Å². The van der Waals surface area contributed by atoms with E-state index in [1.165, 1.54) is 25.7 Å². The predicted octanol–water partition coefficient (Wildman–Crippen LogP) is 3.49. The molecule has 2 amide bonds. The zero-order chi connectivity index (χ0) is 26.3. The van der Waals surface area contributed by atoms with E-state index < -0.39 is 0 Å². The number of piperidine rings is 1. The average molecular weight is 523 g/mol. The molecular weight excluding hydrogens is 476 g/mol. The molecular formula is C31H46N4O3. The van der Waals surface area contributed by atoms with Gasteiger partial charge in [0.15, 0.2) is 0 Å². The summed E-state index contributed by atoms with van der Waals surface area (Å²) in [6.45, 7) is 11.9. The molecule has 1 aliphatic carbocycles. The van der Waals surface area contributed by atoms with Gasteiger partial charge in [-0.05, 0) is 62.5 Å². The van der Waals surface area contributed by atoms with Crippen molar-refractivity contribution in [2.75, 3.05) is 63.9 Å². The van der Waals surface area contributed by atoms with E-state index in [-0.39, 0.29) is 29.2 Å². The maximum absolute atomic E-state index is 14.0. The molecule has 6 rings (SSSR count). The van der Waals surface area contributed by atoms with Crippen LogP contribution in [-0.4, -0.2) is 97.1 Å². The lowest BCUT2D eigenvalue weighted by Crippen LogP contribution is -2.59. The van der Waals surface area contributed by atoms with Crippen molar-refractivity contribution in [3.63, 3.8) is 0 Å². The van der Waals surface area contributed by atoms with E-state index in [1.54, 1.807) is 4.90 Å². The summed E-state index contributed by atoms with van der Waals surface area (Å²) in [4.78, 5) is 36.8. The van der Waals surface area contributed by atoms with Gasteiger partial charge in [-0.3, -0.25) is 19.4 Å². The van der Waals surface area contributed by atoms with Crippen molar-refractivity contribution in [1.82, 2.24) is 14.7 Å². The first-order chi connectivity index (χ1) is 18.5. The third-order valence-corrected chi connectivity index (χ3v) is 10.7. The highest BCUT2D eigenvalue weighted by Gasteiger charge is 2.65. The van der Waals surface area contributed by atoms with Crippen LogP contribution in [0.15, 0.2) is 30.3 Å². The van der Waals surface area contributed by atoms with Crippen LogP contribution in [0.5, 0.6) is 0 Å². The van der Waals surface area contributed by atoms with Gasteiger partial charge < -0.3 is 14.5 Å². The monoisotopic (exact) mass is 522 g/mol. The molecule has 1 spiro atoms. The minimum Gasteiger partial charge on any atom is -0.379 e. The summed E-state index contributed by atoms with van der Waals surface area (Å²) in [5, 5.41) is 0. The molecule has 0 aromatic heterocycles. The molecule has 5 fully saturated rings. The molecule has 4 saturated heterocycles. The van der Waals surface area contributed by atoms with E-state index in [4.69, 9.17) is 4.74 Å². The van der Waals surface area contributed by atoms with Crippen LogP contribution in [0, 0.1) is 23.7 Å². The fourth-order valence-corrected chi connectivity index (χ4v) is 8.37. The lowest BCUT2D eigenvalue weighted by molar-refractivity contribution is -0.141. The molecule has 7 heteroatoms. The van der Waals surface area contributed by atoms with Gasteiger partial charge in [-0.2, -0.15) is 0 Å². The molecule has 0 radical (unpaired) electrons. The molecule has 1 aromatic carbocycles. The van der Waals surface area contributed by atoms with Crippen molar-refractivity contribution in [3.05, 3.63) is 30.3 Å². The Hall–Kier alpha value is -1.96. The largest absolute Gasteiger partial charge is 0.379 e. The van der Waals surface area contributed by atoms with E-state index >= 15 is 0 Å². The summed E-state index contributed by atoms with van der Waals surface area (Å²) >= 11 is 0. The number of rotatable bonds is 6. The van der Waals surface area contributed by atoms with Gasteiger partial charge in [0, 0.05) is 57.5 Å². The Morgan fingerprint density at radius 2 is 1.58 bits per heavy atom. The standard InChI is InChI=1S/C31H46N4O3/c1-23(2)24-8-10-25(11-9-24)33-14-12-31(13-15-33)28-27(22-35(31)26-6-4-3-5-7-26)29(36)34(30(28)37)17-16-32-18-20-38-21-19-32/h3-7,23-25,27-28H,8-22H2,1-2H3. The van der Waals surface area contributed by atoms with Crippen molar-refractivity contribution in [1.29, 1.82) is 0 Å². The average Bonchev–Trinajstić information content (AvgIpc) is 3.40. The highest BCUT2D eigenvalue weighted by molar-refractivity contribution is 6.07. The van der Waals surface area contributed by atoms with Crippen LogP contribution in [0.25, 0.3) is 0 Å². The molecule has 5 aliphatic rings. The molecule has 2 atom stereocenters. The Kier molecular flexibility index (Phi) is 7.53. The van der Waals surface area contributed by atoms with E-state index in [9.17, 15) is 9.59 Å². The maximum atomic E-state index is 14.0. The molecule has 7 nitrogen and oxygen atoms in total. The number of anilines is 1. The van der Waals surface area contributed by atoms with Crippen molar-refractivity contribution >= 4 is 17.5 Å². The number of fused-ring (bicyclic) bond motifs is 2. The van der Waals surface area contributed by atoms with Crippen molar-refractivity contribution < 1.29 is 14.3 Å². The summed E-state index contributed by atoms with van der Waals surface area (Å²) in [5.74, 6) is 1.35. The molecule has 0 N–H and O–H groups in total. The van der Waals surface area contributed by atoms with Gasteiger partial charge >= 0.3 is 0 Å². The Labute approximate surface area is 228 Å². The van der Waals surface area contributed by atoms with Gasteiger partial charge in [-0.1, -0.05) is 32.0 Å². The Balaban J connectivity index is 1.19. The first-order valence-corrected chi connectivity index (χ1v) is 15.2. The van der Waals surface area contributed by atoms with E-state index in [1.807, 2.05) is 6.07 Å². The zero-order valence-corrected chi connectivity index (χ0v) is 23.4. The van der Waals surface area contributed by atoms with Crippen LogP contribution < -0.4 is 4.90 Å². The molecule has 2 unspecified atom stereocenters. The number of hydrogen-bond donors (Lipinski definition) is 0. The number of benzene rings is 1. The van der Waals surface area contributed by atoms with Crippen LogP contribution in [0.4, 0.5) is 5.69 Å². The first kappa shape index (κ1) is 26.3. The number of nitrogens with zero attached hydrogens (tertiary/aromatic N) is 4. The molecule has 4 heterocycles. The van der Waals surface area contributed by atoms with Gasteiger partial charge in [0.1, 0.15) is 0 Å². The number of carbonyl (C=O) groups excluding carboxylic acids is 2. The lowest BCUT2D eigenvalue weighted by atomic mass is 9.73. The van der Waals surface area contributed by atoms with Gasteiger partial charge in [0.2, 0.25) is 11.8 Å². The van der Waals surface area contributed by atoms with Gasteiger partial charge in [-0.25, -0.2) is 0 Å². The third kappa shape index (κ3) is 4.69. The quantitative estimate of drug-likeness (QED) is 0.533. The SMILES string of the molecule is CC(C)C1CCC(N2CCC3(CC2)C2C(=O)N(CCN4CCOCC4)C(=O)C2CN3c2ccccc2)CC1. The Morgan fingerprint density at radius 1 is 0.895 bits per heavy atom. The predicted molar refractivity (Wildman–Crippen MR) is 149 cm³/mol. The van der Waals surface area contributed by atoms with Crippen molar-refractivity contribution in [2.24, 2.45) is 23.7 Å². The van der Waals surface area contributed by atoms with Crippen LogP contribution in [-0.2, 0) is 14.3 Å². The smallest absolute Gasteiger partial charge is 0.235 e.